The van der Waals surface area contributed by atoms with Crippen molar-refractivity contribution in [1.82, 2.24) is 20.4 Å². The van der Waals surface area contributed by atoms with Crippen LogP contribution in [0, 0.1) is 0 Å². The number of rotatable bonds is 6. The van der Waals surface area contributed by atoms with Gasteiger partial charge < -0.3 is 14.6 Å². The molecular weight excluding hydrogens is 344 g/mol. The summed E-state index contributed by atoms with van der Waals surface area (Å²) in [6.07, 6.45) is 5.71. The minimum absolute atomic E-state index is 0.102. The highest BCUT2D eigenvalue weighted by Crippen LogP contribution is 2.26. The summed E-state index contributed by atoms with van der Waals surface area (Å²) in [6, 6.07) is 7.83. The Morgan fingerprint density at radius 3 is 2.70 bits per heavy atom. The lowest BCUT2D eigenvalue weighted by Gasteiger charge is -2.26. The van der Waals surface area contributed by atoms with E-state index in [9.17, 15) is 4.79 Å². The van der Waals surface area contributed by atoms with Gasteiger partial charge in [-0.3, -0.25) is 9.69 Å². The molecule has 2 aliphatic heterocycles. The second kappa shape index (κ2) is 8.63. The summed E-state index contributed by atoms with van der Waals surface area (Å²) in [5.41, 5.74) is 1.88. The van der Waals surface area contributed by atoms with E-state index in [2.05, 4.69) is 20.4 Å². The van der Waals surface area contributed by atoms with E-state index >= 15 is 0 Å². The van der Waals surface area contributed by atoms with Gasteiger partial charge in [-0.15, -0.1) is 0 Å². The van der Waals surface area contributed by atoms with E-state index in [0.717, 1.165) is 26.0 Å². The Morgan fingerprint density at radius 1 is 1.15 bits per heavy atom. The molecular formula is C20H26N4O3. The van der Waals surface area contributed by atoms with Gasteiger partial charge in [-0.05, 0) is 56.5 Å². The van der Waals surface area contributed by atoms with Crippen LogP contribution < -0.4 is 5.32 Å². The lowest BCUT2D eigenvalue weighted by molar-refractivity contribution is 0.0835. The van der Waals surface area contributed by atoms with Crippen LogP contribution in [0.5, 0.6) is 0 Å². The molecule has 1 aromatic carbocycles. The van der Waals surface area contributed by atoms with Gasteiger partial charge in [-0.1, -0.05) is 23.7 Å². The molecule has 1 amide bonds. The average Bonchev–Trinajstić information content (AvgIpc) is 3.39. The number of likely N-dealkylation sites (tertiary alicyclic amines) is 1. The molecule has 7 heteroatoms. The fourth-order valence-electron chi connectivity index (χ4n) is 3.64. The lowest BCUT2D eigenvalue weighted by atomic mass is 10.1. The standard InChI is InChI=1S/C20H26N4O3/c25-19(21-13-18-22-20(27-23-18)17-5-4-12-26-17)16-8-6-15(7-9-16)14-24-10-2-1-3-11-24/h6-9,17H,1-5,10-14H2,(H,21,25)/t17-/m1/s1. The highest BCUT2D eigenvalue weighted by atomic mass is 16.5. The van der Waals surface area contributed by atoms with Crippen LogP contribution in [-0.4, -0.2) is 40.6 Å². The SMILES string of the molecule is O=C(NCc1noc([C@H]2CCCO2)n1)c1ccc(CN2CCCCC2)cc1. The summed E-state index contributed by atoms with van der Waals surface area (Å²) in [6.45, 7) is 4.26. The zero-order chi connectivity index (χ0) is 18.5. The molecule has 3 heterocycles. The monoisotopic (exact) mass is 370 g/mol. The number of benzene rings is 1. The first-order valence-electron chi connectivity index (χ1n) is 9.81. The minimum atomic E-state index is -0.136. The smallest absolute Gasteiger partial charge is 0.255 e. The first-order valence-corrected chi connectivity index (χ1v) is 9.81. The number of nitrogens with one attached hydrogen (secondary N) is 1. The maximum Gasteiger partial charge on any atom is 0.255 e. The van der Waals surface area contributed by atoms with Gasteiger partial charge in [0.05, 0.1) is 6.54 Å². The number of carbonyl (C=O) groups is 1. The molecule has 0 bridgehead atoms. The van der Waals surface area contributed by atoms with Gasteiger partial charge in [0.2, 0.25) is 0 Å². The lowest BCUT2D eigenvalue weighted by Crippen LogP contribution is -2.29. The van der Waals surface area contributed by atoms with Crippen molar-refractivity contribution in [2.24, 2.45) is 0 Å². The van der Waals surface area contributed by atoms with E-state index in [1.807, 2.05) is 24.3 Å². The van der Waals surface area contributed by atoms with E-state index in [1.165, 1.54) is 37.9 Å². The molecule has 0 aliphatic carbocycles. The van der Waals surface area contributed by atoms with Crippen molar-refractivity contribution < 1.29 is 14.1 Å². The van der Waals surface area contributed by atoms with Crippen LogP contribution in [0.4, 0.5) is 0 Å². The number of hydrogen-bond acceptors (Lipinski definition) is 6. The Kier molecular flexibility index (Phi) is 5.79. The predicted molar refractivity (Wildman–Crippen MR) is 99.0 cm³/mol. The highest BCUT2D eigenvalue weighted by molar-refractivity contribution is 5.94. The van der Waals surface area contributed by atoms with Crippen molar-refractivity contribution >= 4 is 5.91 Å². The summed E-state index contributed by atoms with van der Waals surface area (Å²) in [7, 11) is 0. The molecule has 0 unspecified atom stereocenters. The summed E-state index contributed by atoms with van der Waals surface area (Å²) in [5, 5.41) is 6.76. The number of hydrogen-bond donors (Lipinski definition) is 1. The van der Waals surface area contributed by atoms with Crippen molar-refractivity contribution in [3.8, 4) is 0 Å². The van der Waals surface area contributed by atoms with Gasteiger partial charge in [0.15, 0.2) is 5.82 Å². The number of carbonyl (C=O) groups excluding carboxylic acids is 1. The van der Waals surface area contributed by atoms with Crippen LogP contribution in [0.3, 0.4) is 0 Å². The fraction of sp³-hybridized carbons (Fsp3) is 0.550. The van der Waals surface area contributed by atoms with Crippen molar-refractivity contribution in [3.63, 3.8) is 0 Å². The number of ether oxygens (including phenoxy) is 1. The van der Waals surface area contributed by atoms with E-state index < -0.39 is 0 Å². The van der Waals surface area contributed by atoms with Gasteiger partial charge >= 0.3 is 0 Å². The minimum Gasteiger partial charge on any atom is -0.368 e. The molecule has 144 valence electrons. The van der Waals surface area contributed by atoms with Crippen LogP contribution in [0.1, 0.15) is 65.8 Å². The third-order valence-corrected chi connectivity index (χ3v) is 5.17. The Hall–Kier alpha value is -2.25. The molecule has 1 N–H and O–H groups in total. The predicted octanol–water partition coefficient (Wildman–Crippen LogP) is 2.84. The molecule has 2 saturated heterocycles. The van der Waals surface area contributed by atoms with E-state index in [-0.39, 0.29) is 18.6 Å². The van der Waals surface area contributed by atoms with E-state index in [0.29, 0.717) is 17.3 Å². The zero-order valence-electron chi connectivity index (χ0n) is 15.5. The first kappa shape index (κ1) is 18.1. The number of nitrogens with zero attached hydrogens (tertiary/aromatic N) is 3. The second-order valence-electron chi connectivity index (χ2n) is 7.27. The molecule has 4 rings (SSSR count). The summed E-state index contributed by atoms with van der Waals surface area (Å²) in [4.78, 5) is 19.1. The van der Waals surface area contributed by atoms with Gasteiger partial charge in [-0.25, -0.2) is 0 Å². The molecule has 1 aromatic heterocycles. The maximum atomic E-state index is 12.3. The Morgan fingerprint density at radius 2 is 1.96 bits per heavy atom. The van der Waals surface area contributed by atoms with E-state index in [1.54, 1.807) is 0 Å². The van der Waals surface area contributed by atoms with Gasteiger partial charge in [-0.2, -0.15) is 4.98 Å². The Balaban J connectivity index is 1.27. The average molecular weight is 370 g/mol. The molecule has 7 nitrogen and oxygen atoms in total. The van der Waals surface area contributed by atoms with Crippen LogP contribution in [0.15, 0.2) is 28.8 Å². The van der Waals surface area contributed by atoms with Crippen LogP contribution >= 0.6 is 0 Å². The zero-order valence-corrected chi connectivity index (χ0v) is 15.5. The van der Waals surface area contributed by atoms with Crippen LogP contribution in [-0.2, 0) is 17.8 Å². The van der Waals surface area contributed by atoms with Crippen LogP contribution in [0.2, 0.25) is 0 Å². The molecule has 2 aliphatic rings. The van der Waals surface area contributed by atoms with Gasteiger partial charge in [0.25, 0.3) is 11.8 Å². The number of aromatic nitrogens is 2. The maximum absolute atomic E-state index is 12.3. The normalized spacial score (nSPS) is 20.7. The molecule has 0 saturated carbocycles. The van der Waals surface area contributed by atoms with E-state index in [4.69, 9.17) is 9.26 Å². The molecule has 2 fully saturated rings. The molecule has 0 radical (unpaired) electrons. The van der Waals surface area contributed by atoms with Crippen molar-refractivity contribution in [1.29, 1.82) is 0 Å². The number of amides is 1. The summed E-state index contributed by atoms with van der Waals surface area (Å²) < 4.78 is 10.8. The quantitative estimate of drug-likeness (QED) is 0.842. The van der Waals surface area contributed by atoms with Crippen molar-refractivity contribution in [2.75, 3.05) is 19.7 Å². The van der Waals surface area contributed by atoms with Gasteiger partial charge in [0.1, 0.15) is 6.10 Å². The Bertz CT molecular complexity index is 747. The Labute approximate surface area is 159 Å². The molecule has 2 aromatic rings. The molecule has 0 spiro atoms. The second-order valence-corrected chi connectivity index (χ2v) is 7.27. The highest BCUT2D eigenvalue weighted by Gasteiger charge is 2.23. The number of piperidine rings is 1. The summed E-state index contributed by atoms with van der Waals surface area (Å²) >= 11 is 0. The van der Waals surface area contributed by atoms with Crippen molar-refractivity contribution in [2.45, 2.75) is 51.3 Å². The summed E-state index contributed by atoms with van der Waals surface area (Å²) in [5.74, 6) is 0.831. The third kappa shape index (κ3) is 4.73. The van der Waals surface area contributed by atoms with Crippen LogP contribution in [0.25, 0.3) is 0 Å². The largest absolute Gasteiger partial charge is 0.368 e. The first-order chi connectivity index (χ1) is 13.3. The molecule has 1 atom stereocenters. The fourth-order valence-corrected chi connectivity index (χ4v) is 3.64. The van der Waals surface area contributed by atoms with Gasteiger partial charge in [0, 0.05) is 18.7 Å². The molecule has 27 heavy (non-hydrogen) atoms. The van der Waals surface area contributed by atoms with Crippen molar-refractivity contribution in [3.05, 3.63) is 47.1 Å². The topological polar surface area (TPSA) is 80.5 Å². The third-order valence-electron chi connectivity index (χ3n) is 5.17.